The smallest absolute Gasteiger partial charge is 0.249 e. The van der Waals surface area contributed by atoms with Crippen molar-refractivity contribution in [2.45, 2.75) is 6.92 Å². The van der Waals surface area contributed by atoms with Gasteiger partial charge in [0.2, 0.25) is 0 Å². The first-order chi connectivity index (χ1) is 12.7. The van der Waals surface area contributed by atoms with Crippen LogP contribution in [0.5, 0.6) is 0 Å². The Labute approximate surface area is 153 Å². The van der Waals surface area contributed by atoms with E-state index in [-0.39, 0.29) is 0 Å². The SMILES string of the molecule is Cc1c(-c2c(N=Cc3ccccc3)ccn[n+]2C)ccc2ccccc12. The van der Waals surface area contributed by atoms with Crippen molar-refractivity contribution in [1.29, 1.82) is 0 Å². The van der Waals surface area contributed by atoms with Crippen molar-refractivity contribution in [1.82, 2.24) is 5.10 Å². The molecule has 4 aromatic rings. The van der Waals surface area contributed by atoms with Crippen LogP contribution in [0, 0.1) is 6.92 Å². The fourth-order valence-corrected chi connectivity index (χ4v) is 3.29. The third kappa shape index (κ3) is 3.00. The molecule has 3 aromatic carbocycles. The van der Waals surface area contributed by atoms with E-state index in [1.54, 1.807) is 6.20 Å². The van der Waals surface area contributed by atoms with Crippen molar-refractivity contribution in [3.05, 3.63) is 90.1 Å². The second-order valence-corrected chi connectivity index (χ2v) is 6.32. The van der Waals surface area contributed by atoms with Crippen molar-refractivity contribution in [2.24, 2.45) is 12.0 Å². The first-order valence-corrected chi connectivity index (χ1v) is 8.67. The van der Waals surface area contributed by atoms with Gasteiger partial charge in [-0.05, 0) is 46.1 Å². The average Bonchev–Trinajstić information content (AvgIpc) is 2.68. The van der Waals surface area contributed by atoms with Crippen molar-refractivity contribution in [2.75, 3.05) is 0 Å². The maximum absolute atomic E-state index is 4.75. The molecule has 26 heavy (non-hydrogen) atoms. The van der Waals surface area contributed by atoms with Crippen LogP contribution in [0.1, 0.15) is 11.1 Å². The van der Waals surface area contributed by atoms with Crippen LogP contribution in [0.3, 0.4) is 0 Å². The molecule has 0 saturated heterocycles. The fourth-order valence-electron chi connectivity index (χ4n) is 3.29. The van der Waals surface area contributed by atoms with Crippen molar-refractivity contribution in [3.8, 4) is 11.3 Å². The highest BCUT2D eigenvalue weighted by molar-refractivity contribution is 5.92. The lowest BCUT2D eigenvalue weighted by Crippen LogP contribution is -2.35. The number of aliphatic imine (C=N–C) groups is 1. The fraction of sp³-hybridized carbons (Fsp3) is 0.0870. The van der Waals surface area contributed by atoms with E-state index in [1.807, 2.05) is 54.3 Å². The first kappa shape index (κ1) is 16.2. The minimum absolute atomic E-state index is 0.907. The molecule has 4 rings (SSSR count). The molecule has 1 aromatic heterocycles. The Balaban J connectivity index is 1.87. The van der Waals surface area contributed by atoms with Crippen LogP contribution in [0.15, 0.2) is 84.0 Å². The molecule has 0 atom stereocenters. The van der Waals surface area contributed by atoms with E-state index in [1.165, 1.54) is 16.3 Å². The molecule has 0 aliphatic heterocycles. The molecule has 1 heterocycles. The normalized spacial score (nSPS) is 11.3. The largest absolute Gasteiger partial charge is 0.264 e. The van der Waals surface area contributed by atoms with Crippen molar-refractivity contribution >= 4 is 22.7 Å². The predicted octanol–water partition coefficient (Wildman–Crippen LogP) is 4.79. The number of hydrogen-bond donors (Lipinski definition) is 0. The van der Waals surface area contributed by atoms with Crippen LogP contribution >= 0.6 is 0 Å². The van der Waals surface area contributed by atoms with Crippen LogP contribution in [-0.4, -0.2) is 11.3 Å². The monoisotopic (exact) mass is 338 g/mol. The molecular weight excluding hydrogens is 318 g/mol. The van der Waals surface area contributed by atoms with E-state index in [2.05, 4.69) is 48.4 Å². The third-order valence-electron chi connectivity index (χ3n) is 4.64. The van der Waals surface area contributed by atoms with E-state index >= 15 is 0 Å². The number of fused-ring (bicyclic) bond motifs is 1. The number of aryl methyl sites for hydroxylation is 2. The van der Waals surface area contributed by atoms with E-state index in [0.29, 0.717) is 0 Å². The maximum Gasteiger partial charge on any atom is 0.264 e. The summed E-state index contributed by atoms with van der Waals surface area (Å²) in [7, 11) is 1.96. The minimum atomic E-state index is 0.907. The van der Waals surface area contributed by atoms with Gasteiger partial charge in [-0.15, -0.1) is 0 Å². The van der Waals surface area contributed by atoms with Crippen LogP contribution in [0.4, 0.5) is 5.69 Å². The number of benzene rings is 3. The lowest BCUT2D eigenvalue weighted by molar-refractivity contribution is -0.719. The lowest BCUT2D eigenvalue weighted by Gasteiger charge is -2.09. The van der Waals surface area contributed by atoms with Crippen LogP contribution in [0.25, 0.3) is 22.0 Å². The van der Waals surface area contributed by atoms with Gasteiger partial charge in [-0.25, -0.2) is 4.99 Å². The van der Waals surface area contributed by atoms with Gasteiger partial charge in [-0.2, -0.15) is 0 Å². The molecule has 0 unspecified atom stereocenters. The van der Waals surface area contributed by atoms with E-state index in [0.717, 1.165) is 22.5 Å². The van der Waals surface area contributed by atoms with Gasteiger partial charge in [0.25, 0.3) is 5.69 Å². The van der Waals surface area contributed by atoms with Crippen LogP contribution in [-0.2, 0) is 7.05 Å². The molecule has 0 bridgehead atoms. The molecule has 0 aliphatic rings. The Hall–Kier alpha value is -3.33. The molecule has 0 amide bonds. The molecule has 0 aliphatic carbocycles. The Kier molecular flexibility index (Phi) is 4.28. The molecule has 0 radical (unpaired) electrons. The summed E-state index contributed by atoms with van der Waals surface area (Å²) >= 11 is 0. The molecule has 0 fully saturated rings. The first-order valence-electron chi connectivity index (χ1n) is 8.67. The highest BCUT2D eigenvalue weighted by Crippen LogP contribution is 2.32. The third-order valence-corrected chi connectivity index (χ3v) is 4.64. The Morgan fingerprint density at radius 2 is 1.65 bits per heavy atom. The lowest BCUT2D eigenvalue weighted by atomic mass is 9.97. The summed E-state index contributed by atoms with van der Waals surface area (Å²) < 4.78 is 1.90. The zero-order chi connectivity index (χ0) is 17.9. The number of aromatic nitrogens is 2. The molecule has 0 spiro atoms. The summed E-state index contributed by atoms with van der Waals surface area (Å²) in [5.41, 5.74) is 5.39. The molecular formula is C23H20N3+. The highest BCUT2D eigenvalue weighted by Gasteiger charge is 2.20. The van der Waals surface area contributed by atoms with Gasteiger partial charge < -0.3 is 0 Å². The molecule has 0 saturated carbocycles. The summed E-state index contributed by atoms with van der Waals surface area (Å²) in [6.45, 7) is 2.16. The van der Waals surface area contributed by atoms with Gasteiger partial charge in [0.15, 0.2) is 7.05 Å². The van der Waals surface area contributed by atoms with Gasteiger partial charge in [-0.3, -0.25) is 0 Å². The molecule has 3 heteroatoms. The standard InChI is InChI=1S/C23H20N3/c1-17-20-11-7-6-10-19(20)12-13-21(17)23-22(14-15-25-26(23)2)24-16-18-8-4-3-5-9-18/h3-16H,1-2H3/q+1. The van der Waals surface area contributed by atoms with Crippen molar-refractivity contribution < 1.29 is 4.68 Å². The minimum Gasteiger partial charge on any atom is -0.249 e. The highest BCUT2D eigenvalue weighted by atomic mass is 15.2. The maximum atomic E-state index is 4.75. The Morgan fingerprint density at radius 3 is 2.50 bits per heavy atom. The summed E-state index contributed by atoms with van der Waals surface area (Å²) in [6.07, 6.45) is 3.69. The second-order valence-electron chi connectivity index (χ2n) is 6.32. The average molecular weight is 338 g/mol. The predicted molar refractivity (Wildman–Crippen MR) is 107 cm³/mol. The van der Waals surface area contributed by atoms with Gasteiger partial charge in [-0.1, -0.05) is 65.3 Å². The van der Waals surface area contributed by atoms with Crippen molar-refractivity contribution in [3.63, 3.8) is 0 Å². The van der Waals surface area contributed by atoms with Gasteiger partial charge in [0, 0.05) is 6.21 Å². The van der Waals surface area contributed by atoms with E-state index in [4.69, 9.17) is 4.99 Å². The zero-order valence-corrected chi connectivity index (χ0v) is 14.9. The summed E-state index contributed by atoms with van der Waals surface area (Å²) in [5, 5.41) is 6.94. The molecule has 0 N–H and O–H groups in total. The quantitative estimate of drug-likeness (QED) is 0.390. The van der Waals surface area contributed by atoms with Crippen LogP contribution < -0.4 is 4.68 Å². The summed E-state index contributed by atoms with van der Waals surface area (Å²) in [4.78, 5) is 4.75. The number of nitrogens with zero attached hydrogens (tertiary/aromatic N) is 3. The Morgan fingerprint density at radius 1 is 0.885 bits per heavy atom. The summed E-state index contributed by atoms with van der Waals surface area (Å²) in [5.74, 6) is 0. The van der Waals surface area contributed by atoms with Gasteiger partial charge in [0.1, 0.15) is 5.69 Å². The summed E-state index contributed by atoms with van der Waals surface area (Å²) in [6, 6.07) is 24.9. The number of hydrogen-bond acceptors (Lipinski definition) is 2. The molecule has 126 valence electrons. The van der Waals surface area contributed by atoms with E-state index in [9.17, 15) is 0 Å². The van der Waals surface area contributed by atoms with E-state index < -0.39 is 0 Å². The topological polar surface area (TPSA) is 29.1 Å². The van der Waals surface area contributed by atoms with Crippen LogP contribution in [0.2, 0.25) is 0 Å². The van der Waals surface area contributed by atoms with Gasteiger partial charge in [0.05, 0.1) is 11.8 Å². The number of rotatable bonds is 3. The zero-order valence-electron chi connectivity index (χ0n) is 14.9. The second kappa shape index (κ2) is 6.89. The Bertz CT molecular complexity index is 1100. The van der Waals surface area contributed by atoms with Gasteiger partial charge >= 0.3 is 0 Å². The molecule has 3 nitrogen and oxygen atoms in total.